The third-order valence-corrected chi connectivity index (χ3v) is 2.87. The molecular formula is C14H12N2O2. The van der Waals surface area contributed by atoms with Gasteiger partial charge < -0.3 is 9.94 Å². The zero-order chi connectivity index (χ0) is 12.5. The van der Waals surface area contributed by atoms with E-state index >= 15 is 0 Å². The monoisotopic (exact) mass is 240 g/mol. The molecule has 3 aromatic rings. The summed E-state index contributed by atoms with van der Waals surface area (Å²) in [5.41, 5.74) is 2.24. The van der Waals surface area contributed by atoms with E-state index in [1.165, 1.54) is 0 Å². The lowest BCUT2D eigenvalue weighted by molar-refractivity contribution is 0.203. The van der Waals surface area contributed by atoms with Crippen molar-refractivity contribution in [3.63, 3.8) is 0 Å². The van der Waals surface area contributed by atoms with Gasteiger partial charge in [0, 0.05) is 11.6 Å². The highest BCUT2D eigenvalue weighted by atomic mass is 16.5. The highest BCUT2D eigenvalue weighted by molar-refractivity contribution is 5.81. The number of ether oxygens (including phenoxy) is 1. The van der Waals surface area contributed by atoms with Crippen molar-refractivity contribution in [2.24, 2.45) is 0 Å². The van der Waals surface area contributed by atoms with Gasteiger partial charge in [-0.05, 0) is 12.1 Å². The van der Waals surface area contributed by atoms with Gasteiger partial charge in [-0.15, -0.1) is 0 Å². The molecule has 0 atom stereocenters. The van der Waals surface area contributed by atoms with Gasteiger partial charge in [-0.25, -0.2) is 4.98 Å². The average Bonchev–Trinajstić information content (AvgIpc) is 2.77. The van der Waals surface area contributed by atoms with E-state index in [9.17, 15) is 5.21 Å². The summed E-state index contributed by atoms with van der Waals surface area (Å²) in [6.07, 6.45) is 0. The van der Waals surface area contributed by atoms with Crippen LogP contribution in [0.15, 0.2) is 48.5 Å². The largest absolute Gasteiger partial charge is 0.497 e. The number of benzene rings is 2. The quantitative estimate of drug-likeness (QED) is 0.700. The van der Waals surface area contributed by atoms with Crippen LogP contribution in [-0.2, 0) is 0 Å². The van der Waals surface area contributed by atoms with Gasteiger partial charge in [0.15, 0.2) is 5.82 Å². The van der Waals surface area contributed by atoms with Gasteiger partial charge in [-0.3, -0.25) is 0 Å². The van der Waals surface area contributed by atoms with Gasteiger partial charge in [0.2, 0.25) is 0 Å². The Morgan fingerprint density at radius 1 is 1.11 bits per heavy atom. The summed E-state index contributed by atoms with van der Waals surface area (Å²) >= 11 is 0. The Morgan fingerprint density at radius 2 is 1.89 bits per heavy atom. The second-order valence-corrected chi connectivity index (χ2v) is 3.97. The maximum atomic E-state index is 10.2. The lowest BCUT2D eigenvalue weighted by Crippen LogP contribution is -1.94. The van der Waals surface area contributed by atoms with Crippen molar-refractivity contribution in [1.29, 1.82) is 0 Å². The lowest BCUT2D eigenvalue weighted by atomic mass is 10.2. The predicted molar refractivity (Wildman–Crippen MR) is 68.9 cm³/mol. The van der Waals surface area contributed by atoms with Crippen LogP contribution in [0, 0.1) is 0 Å². The minimum atomic E-state index is 0.527. The fourth-order valence-corrected chi connectivity index (χ4v) is 1.94. The van der Waals surface area contributed by atoms with Crippen molar-refractivity contribution in [2.45, 2.75) is 0 Å². The number of methoxy groups -OCH3 is 1. The fraction of sp³-hybridized carbons (Fsp3) is 0.0714. The topological polar surface area (TPSA) is 47.3 Å². The molecule has 0 radical (unpaired) electrons. The van der Waals surface area contributed by atoms with E-state index in [4.69, 9.17) is 4.74 Å². The highest BCUT2D eigenvalue weighted by Gasteiger charge is 2.12. The molecule has 4 nitrogen and oxygen atoms in total. The van der Waals surface area contributed by atoms with Gasteiger partial charge in [-0.2, -0.15) is 4.73 Å². The van der Waals surface area contributed by atoms with Crippen LogP contribution in [0.5, 0.6) is 5.75 Å². The fourth-order valence-electron chi connectivity index (χ4n) is 1.94. The highest BCUT2D eigenvalue weighted by Crippen LogP contribution is 2.25. The third kappa shape index (κ3) is 1.59. The number of nitrogens with zero attached hydrogens (tertiary/aromatic N) is 2. The maximum Gasteiger partial charge on any atom is 0.176 e. The molecule has 0 amide bonds. The molecule has 0 unspecified atom stereocenters. The Kier molecular flexibility index (Phi) is 2.41. The first kappa shape index (κ1) is 10.7. The second-order valence-electron chi connectivity index (χ2n) is 3.97. The summed E-state index contributed by atoms with van der Waals surface area (Å²) in [7, 11) is 1.59. The zero-order valence-corrected chi connectivity index (χ0v) is 9.87. The van der Waals surface area contributed by atoms with E-state index in [0.29, 0.717) is 17.1 Å². The maximum absolute atomic E-state index is 10.2. The van der Waals surface area contributed by atoms with Crippen molar-refractivity contribution >= 4 is 11.0 Å². The molecule has 0 bridgehead atoms. The molecule has 1 N–H and O–H groups in total. The SMILES string of the molecule is COc1ccc2nc(-c3ccccc3)n(O)c2c1. The second kappa shape index (κ2) is 4.07. The summed E-state index contributed by atoms with van der Waals surface area (Å²) < 4.78 is 6.23. The first-order valence-electron chi connectivity index (χ1n) is 5.61. The molecule has 0 saturated heterocycles. The average molecular weight is 240 g/mol. The van der Waals surface area contributed by atoms with E-state index in [1.54, 1.807) is 13.2 Å². The van der Waals surface area contributed by atoms with Gasteiger partial charge in [0.25, 0.3) is 0 Å². The molecule has 4 heteroatoms. The summed E-state index contributed by atoms with van der Waals surface area (Å²) in [5, 5.41) is 10.2. The molecular weight excluding hydrogens is 228 g/mol. The summed E-state index contributed by atoms with van der Waals surface area (Å²) in [6, 6.07) is 15.0. The molecule has 0 aliphatic heterocycles. The smallest absolute Gasteiger partial charge is 0.176 e. The summed E-state index contributed by atoms with van der Waals surface area (Å²) in [5.74, 6) is 1.22. The van der Waals surface area contributed by atoms with Gasteiger partial charge in [-0.1, -0.05) is 30.3 Å². The van der Waals surface area contributed by atoms with Gasteiger partial charge in [0.1, 0.15) is 11.3 Å². The molecule has 0 aliphatic rings. The van der Waals surface area contributed by atoms with E-state index in [-0.39, 0.29) is 0 Å². The molecule has 1 heterocycles. The third-order valence-electron chi connectivity index (χ3n) is 2.87. The Labute approximate surface area is 104 Å². The molecule has 0 aliphatic carbocycles. The van der Waals surface area contributed by atoms with E-state index in [0.717, 1.165) is 15.8 Å². The van der Waals surface area contributed by atoms with Crippen LogP contribution in [0.1, 0.15) is 0 Å². The van der Waals surface area contributed by atoms with Crippen molar-refractivity contribution in [3.05, 3.63) is 48.5 Å². The van der Waals surface area contributed by atoms with Crippen molar-refractivity contribution in [3.8, 4) is 17.1 Å². The molecule has 1 aromatic heterocycles. The molecule has 0 spiro atoms. The molecule has 2 aromatic carbocycles. The molecule has 3 rings (SSSR count). The number of rotatable bonds is 2. The Bertz CT molecular complexity index is 690. The number of fused-ring (bicyclic) bond motifs is 1. The first-order valence-corrected chi connectivity index (χ1v) is 5.61. The van der Waals surface area contributed by atoms with Crippen LogP contribution < -0.4 is 4.74 Å². The summed E-state index contributed by atoms with van der Waals surface area (Å²) in [4.78, 5) is 4.42. The number of hydrogen-bond donors (Lipinski definition) is 1. The number of imidazole rings is 1. The Balaban J connectivity index is 2.23. The zero-order valence-electron chi connectivity index (χ0n) is 9.87. The van der Waals surface area contributed by atoms with Crippen LogP contribution in [-0.4, -0.2) is 22.0 Å². The van der Waals surface area contributed by atoms with Crippen LogP contribution in [0.25, 0.3) is 22.4 Å². The minimum Gasteiger partial charge on any atom is -0.497 e. The van der Waals surface area contributed by atoms with Gasteiger partial charge >= 0.3 is 0 Å². The normalized spacial score (nSPS) is 10.7. The van der Waals surface area contributed by atoms with Crippen LogP contribution in [0.2, 0.25) is 0 Å². The van der Waals surface area contributed by atoms with E-state index < -0.39 is 0 Å². The van der Waals surface area contributed by atoms with Crippen LogP contribution in [0.3, 0.4) is 0 Å². The molecule has 0 saturated carbocycles. The van der Waals surface area contributed by atoms with Crippen LogP contribution in [0.4, 0.5) is 0 Å². The molecule has 0 fully saturated rings. The Morgan fingerprint density at radius 3 is 2.61 bits per heavy atom. The van der Waals surface area contributed by atoms with Crippen LogP contribution >= 0.6 is 0 Å². The lowest BCUT2D eigenvalue weighted by Gasteiger charge is -2.01. The van der Waals surface area contributed by atoms with Gasteiger partial charge in [0.05, 0.1) is 12.6 Å². The predicted octanol–water partition coefficient (Wildman–Crippen LogP) is 2.95. The van der Waals surface area contributed by atoms with E-state index in [2.05, 4.69) is 4.98 Å². The van der Waals surface area contributed by atoms with Crippen molar-refractivity contribution in [1.82, 2.24) is 9.71 Å². The van der Waals surface area contributed by atoms with Crippen molar-refractivity contribution < 1.29 is 9.94 Å². The number of aromatic nitrogens is 2. The molecule has 18 heavy (non-hydrogen) atoms. The minimum absolute atomic E-state index is 0.527. The summed E-state index contributed by atoms with van der Waals surface area (Å²) in [6.45, 7) is 0. The molecule has 90 valence electrons. The standard InChI is InChI=1S/C14H12N2O2/c1-18-11-7-8-12-13(9-11)16(17)14(15-12)10-5-3-2-4-6-10/h2-9,17H,1H3. The van der Waals surface area contributed by atoms with Crippen molar-refractivity contribution in [2.75, 3.05) is 7.11 Å². The first-order chi connectivity index (χ1) is 8.79. The Hall–Kier alpha value is -2.49. The number of hydrogen-bond acceptors (Lipinski definition) is 3. The van der Waals surface area contributed by atoms with E-state index in [1.807, 2.05) is 42.5 Å².